The lowest BCUT2D eigenvalue weighted by molar-refractivity contribution is 0.472. The third-order valence-corrected chi connectivity index (χ3v) is 3.52. The van der Waals surface area contributed by atoms with Gasteiger partial charge >= 0.3 is 0 Å². The molecule has 1 heterocycles. The fourth-order valence-corrected chi connectivity index (χ4v) is 2.40. The van der Waals surface area contributed by atoms with Gasteiger partial charge in [0, 0.05) is 41.4 Å². The summed E-state index contributed by atoms with van der Waals surface area (Å²) in [6.07, 6.45) is 5.38. The third kappa shape index (κ3) is 5.08. The van der Waals surface area contributed by atoms with Crippen molar-refractivity contribution < 1.29 is 4.21 Å². The number of hydrogen-bond donors (Lipinski definition) is 2. The molecule has 0 saturated carbocycles. The Kier molecular flexibility index (Phi) is 5.67. The lowest BCUT2D eigenvalue weighted by Crippen LogP contribution is -2.38. The van der Waals surface area contributed by atoms with Crippen LogP contribution in [-0.2, 0) is 10.8 Å². The molecule has 3 nitrogen and oxygen atoms in total. The fraction of sp³-hybridized carbons (Fsp3) is 1.00. The first-order valence-corrected chi connectivity index (χ1v) is 7.18. The summed E-state index contributed by atoms with van der Waals surface area (Å²) >= 11 is 0. The zero-order chi connectivity index (χ0) is 10.4. The molecular formula is C10H22N2OS. The maximum atomic E-state index is 10.9. The highest BCUT2D eigenvalue weighted by molar-refractivity contribution is 7.84. The summed E-state index contributed by atoms with van der Waals surface area (Å²) in [5.74, 6) is 0.812. The van der Waals surface area contributed by atoms with Crippen LogP contribution in [0.2, 0.25) is 0 Å². The molecule has 0 aromatic heterocycles. The second kappa shape index (κ2) is 6.53. The van der Waals surface area contributed by atoms with Crippen molar-refractivity contribution >= 4 is 10.8 Å². The second-order valence-electron chi connectivity index (χ2n) is 4.17. The van der Waals surface area contributed by atoms with Crippen molar-refractivity contribution in [2.75, 3.05) is 25.1 Å². The molecule has 0 aromatic carbocycles. The maximum absolute atomic E-state index is 10.9. The van der Waals surface area contributed by atoms with Gasteiger partial charge in [-0.2, -0.15) is 0 Å². The van der Waals surface area contributed by atoms with Gasteiger partial charge in [-0.1, -0.05) is 0 Å². The second-order valence-corrected chi connectivity index (χ2v) is 5.72. The fourth-order valence-electron chi connectivity index (χ4n) is 1.72. The van der Waals surface area contributed by atoms with Crippen LogP contribution >= 0.6 is 0 Å². The predicted molar refractivity (Wildman–Crippen MR) is 62.0 cm³/mol. The Hall–Kier alpha value is 0.0700. The Morgan fingerprint density at radius 1 is 1.64 bits per heavy atom. The smallest absolute Gasteiger partial charge is 0.0246 e. The molecule has 1 aliphatic heterocycles. The molecule has 0 amide bonds. The summed E-state index contributed by atoms with van der Waals surface area (Å²) < 4.78 is 10.9. The van der Waals surface area contributed by atoms with Gasteiger partial charge in [-0.05, 0) is 32.7 Å². The average Bonchev–Trinajstić information content (AvgIpc) is 2.63. The zero-order valence-corrected chi connectivity index (χ0v) is 10.0. The molecule has 0 aliphatic carbocycles. The number of nitrogens with one attached hydrogen (secondary N) is 2. The molecule has 3 unspecified atom stereocenters. The highest BCUT2D eigenvalue weighted by Gasteiger charge is 2.14. The van der Waals surface area contributed by atoms with E-state index in [1.165, 1.54) is 19.4 Å². The summed E-state index contributed by atoms with van der Waals surface area (Å²) in [5, 5.41) is 6.94. The first-order chi connectivity index (χ1) is 6.68. The van der Waals surface area contributed by atoms with Crippen LogP contribution in [0.3, 0.4) is 0 Å². The summed E-state index contributed by atoms with van der Waals surface area (Å²) in [4.78, 5) is 0. The van der Waals surface area contributed by atoms with E-state index >= 15 is 0 Å². The summed E-state index contributed by atoms with van der Waals surface area (Å²) in [7, 11) is -0.647. The minimum absolute atomic E-state index is 0.487. The Labute approximate surface area is 89.5 Å². The topological polar surface area (TPSA) is 41.1 Å². The Morgan fingerprint density at radius 3 is 3.00 bits per heavy atom. The van der Waals surface area contributed by atoms with Gasteiger partial charge in [0.25, 0.3) is 0 Å². The average molecular weight is 218 g/mol. The minimum Gasteiger partial charge on any atom is -0.313 e. The Morgan fingerprint density at radius 2 is 2.43 bits per heavy atom. The van der Waals surface area contributed by atoms with E-state index in [1.807, 2.05) is 0 Å². The SMILES string of the molecule is CC(CCS(C)=O)NCC1CCCN1. The summed E-state index contributed by atoms with van der Waals surface area (Å²) in [6.45, 7) is 4.39. The standard InChI is InChI=1S/C10H22N2OS/c1-9(5-7-14(2)13)12-8-10-4-3-6-11-10/h9-12H,3-8H2,1-2H3. The third-order valence-electron chi connectivity index (χ3n) is 2.71. The van der Waals surface area contributed by atoms with Crippen molar-refractivity contribution in [3.8, 4) is 0 Å². The van der Waals surface area contributed by atoms with Gasteiger partial charge in [-0.15, -0.1) is 0 Å². The summed E-state index contributed by atoms with van der Waals surface area (Å²) in [6, 6.07) is 1.14. The van der Waals surface area contributed by atoms with Crippen LogP contribution < -0.4 is 10.6 Å². The molecule has 1 fully saturated rings. The van der Waals surface area contributed by atoms with Crippen molar-refractivity contribution in [3.05, 3.63) is 0 Å². The predicted octanol–water partition coefficient (Wildman–Crippen LogP) is 0.485. The van der Waals surface area contributed by atoms with Crippen LogP contribution in [0.25, 0.3) is 0 Å². The molecule has 0 aromatic rings. The molecule has 0 radical (unpaired) electrons. The highest BCUT2D eigenvalue weighted by Crippen LogP contribution is 2.04. The van der Waals surface area contributed by atoms with Crippen molar-refractivity contribution in [2.45, 2.75) is 38.3 Å². The zero-order valence-electron chi connectivity index (χ0n) is 9.21. The lowest BCUT2D eigenvalue weighted by Gasteiger charge is -2.16. The first-order valence-electron chi connectivity index (χ1n) is 5.45. The monoisotopic (exact) mass is 218 g/mol. The van der Waals surface area contributed by atoms with E-state index in [2.05, 4.69) is 17.6 Å². The van der Waals surface area contributed by atoms with E-state index in [0.29, 0.717) is 12.1 Å². The molecule has 4 heteroatoms. The molecule has 1 rings (SSSR count). The van der Waals surface area contributed by atoms with Crippen molar-refractivity contribution in [2.24, 2.45) is 0 Å². The molecule has 84 valence electrons. The van der Waals surface area contributed by atoms with Gasteiger partial charge in [-0.3, -0.25) is 4.21 Å². The van der Waals surface area contributed by atoms with Crippen molar-refractivity contribution in [1.29, 1.82) is 0 Å². The van der Waals surface area contributed by atoms with E-state index < -0.39 is 10.8 Å². The Bertz CT molecular complexity index is 181. The molecule has 1 aliphatic rings. The van der Waals surface area contributed by atoms with Crippen LogP contribution in [0, 0.1) is 0 Å². The van der Waals surface area contributed by atoms with E-state index in [4.69, 9.17) is 0 Å². The van der Waals surface area contributed by atoms with Gasteiger partial charge in [0.15, 0.2) is 0 Å². The van der Waals surface area contributed by atoms with Crippen LogP contribution in [0.5, 0.6) is 0 Å². The minimum atomic E-state index is -0.647. The van der Waals surface area contributed by atoms with Crippen molar-refractivity contribution in [1.82, 2.24) is 10.6 Å². The van der Waals surface area contributed by atoms with Gasteiger partial charge in [0.05, 0.1) is 0 Å². The molecular weight excluding hydrogens is 196 g/mol. The Balaban J connectivity index is 2.02. The molecule has 3 atom stereocenters. The number of rotatable bonds is 6. The van der Waals surface area contributed by atoms with E-state index in [-0.39, 0.29) is 0 Å². The van der Waals surface area contributed by atoms with E-state index in [1.54, 1.807) is 6.26 Å². The quantitative estimate of drug-likeness (QED) is 0.681. The maximum Gasteiger partial charge on any atom is 0.0246 e. The van der Waals surface area contributed by atoms with Crippen LogP contribution in [0.4, 0.5) is 0 Å². The largest absolute Gasteiger partial charge is 0.313 e. The van der Waals surface area contributed by atoms with Crippen LogP contribution in [0.1, 0.15) is 26.2 Å². The van der Waals surface area contributed by atoms with Crippen molar-refractivity contribution in [3.63, 3.8) is 0 Å². The molecule has 0 spiro atoms. The normalized spacial score (nSPS) is 26.3. The highest BCUT2D eigenvalue weighted by atomic mass is 32.2. The first kappa shape index (κ1) is 12.1. The van der Waals surface area contributed by atoms with Crippen LogP contribution in [-0.4, -0.2) is 41.4 Å². The molecule has 14 heavy (non-hydrogen) atoms. The molecule has 1 saturated heterocycles. The van der Waals surface area contributed by atoms with Gasteiger partial charge in [0.1, 0.15) is 0 Å². The van der Waals surface area contributed by atoms with Crippen LogP contribution in [0.15, 0.2) is 0 Å². The summed E-state index contributed by atoms with van der Waals surface area (Å²) in [5.41, 5.74) is 0. The number of hydrogen-bond acceptors (Lipinski definition) is 3. The van der Waals surface area contributed by atoms with Gasteiger partial charge < -0.3 is 10.6 Å². The van der Waals surface area contributed by atoms with Gasteiger partial charge in [-0.25, -0.2) is 0 Å². The van der Waals surface area contributed by atoms with E-state index in [9.17, 15) is 4.21 Å². The molecule has 2 N–H and O–H groups in total. The van der Waals surface area contributed by atoms with Gasteiger partial charge in [0.2, 0.25) is 0 Å². The van der Waals surface area contributed by atoms with E-state index in [0.717, 1.165) is 18.7 Å². The molecule has 0 bridgehead atoms. The lowest BCUT2D eigenvalue weighted by atomic mass is 10.2.